The number of ether oxygens (including phenoxy) is 1. The predicted molar refractivity (Wildman–Crippen MR) is 148 cm³/mol. The highest BCUT2D eigenvalue weighted by molar-refractivity contribution is 7.91. The number of hydrogen-bond acceptors (Lipinski definition) is 11. The second-order valence-electron chi connectivity index (χ2n) is 10.3. The molecule has 12 nitrogen and oxygen atoms in total. The largest absolute Gasteiger partial charge is 0.480 e. The molecule has 2 aliphatic rings. The van der Waals surface area contributed by atoms with Crippen LogP contribution in [0.25, 0.3) is 22.6 Å². The molecule has 208 valence electrons. The first-order chi connectivity index (χ1) is 19.3. The fraction of sp³-hybridized carbons (Fsp3) is 0.444. The van der Waals surface area contributed by atoms with E-state index in [0.29, 0.717) is 46.0 Å². The smallest absolute Gasteiger partial charge is 0.295 e. The maximum atomic E-state index is 13.8. The normalized spacial score (nSPS) is 16.2. The Balaban J connectivity index is 1.39. The molecule has 0 spiro atoms. The van der Waals surface area contributed by atoms with Gasteiger partial charge < -0.3 is 10.1 Å². The van der Waals surface area contributed by atoms with Crippen LogP contribution in [0.2, 0.25) is 0 Å². The summed E-state index contributed by atoms with van der Waals surface area (Å²) < 4.78 is 31.4. The first-order valence-corrected chi connectivity index (χ1v) is 15.1. The van der Waals surface area contributed by atoms with Gasteiger partial charge in [-0.25, -0.2) is 33.3 Å². The molecule has 0 unspecified atom stereocenters. The lowest BCUT2D eigenvalue weighted by atomic mass is 10.1. The Morgan fingerprint density at radius 3 is 2.52 bits per heavy atom. The molecule has 0 aliphatic heterocycles. The third kappa shape index (κ3) is 4.89. The maximum absolute atomic E-state index is 13.8. The van der Waals surface area contributed by atoms with E-state index in [9.17, 15) is 13.2 Å². The van der Waals surface area contributed by atoms with E-state index in [4.69, 9.17) is 9.72 Å². The fourth-order valence-electron chi connectivity index (χ4n) is 4.86. The molecule has 2 saturated carbocycles. The maximum Gasteiger partial charge on any atom is 0.295 e. The van der Waals surface area contributed by atoms with Crippen LogP contribution in [0, 0.1) is 5.92 Å². The van der Waals surface area contributed by atoms with Crippen molar-refractivity contribution in [3.05, 3.63) is 52.6 Å². The van der Waals surface area contributed by atoms with Crippen molar-refractivity contribution in [1.82, 2.24) is 34.5 Å². The van der Waals surface area contributed by atoms with Crippen LogP contribution in [0.15, 0.2) is 40.5 Å². The van der Waals surface area contributed by atoms with Gasteiger partial charge in [0.05, 0.1) is 41.9 Å². The number of sulfone groups is 1. The molecule has 6 rings (SSSR count). The van der Waals surface area contributed by atoms with Crippen molar-refractivity contribution >= 4 is 26.8 Å². The van der Waals surface area contributed by atoms with Gasteiger partial charge in [-0.15, -0.1) is 0 Å². The lowest BCUT2D eigenvalue weighted by Crippen LogP contribution is -2.29. The monoisotopic (exact) mass is 562 g/mol. The molecule has 0 bridgehead atoms. The molecular weight excluding hydrogens is 532 g/mol. The average Bonchev–Trinajstić information content (AvgIpc) is 3.89. The van der Waals surface area contributed by atoms with Crippen molar-refractivity contribution in [2.45, 2.75) is 62.9 Å². The van der Waals surface area contributed by atoms with E-state index in [1.54, 1.807) is 30.9 Å². The zero-order chi connectivity index (χ0) is 28.0. The molecule has 13 heteroatoms. The summed E-state index contributed by atoms with van der Waals surface area (Å²) >= 11 is 0. The molecule has 2 fully saturated rings. The van der Waals surface area contributed by atoms with Gasteiger partial charge in [0.2, 0.25) is 5.88 Å². The van der Waals surface area contributed by atoms with E-state index in [0.717, 1.165) is 31.4 Å². The minimum atomic E-state index is -3.34. The number of rotatable bonds is 10. The van der Waals surface area contributed by atoms with E-state index < -0.39 is 9.84 Å². The standard InChI is InChI=1S/C27H30N8O4S/c1-4-40(37,38)19-10-9-18(28-12-19)11-29-24-27(36)35(15(2)16-5-6-16)25-20(33-24)13-30-23(34-25)21-22(17-7-8-17)31-14-32-26(21)39-3/h9-10,12-17H,4-8,11H2,1-3H3,(H,29,33)/t15-/m0/s1. The molecule has 0 radical (unpaired) electrons. The summed E-state index contributed by atoms with van der Waals surface area (Å²) in [5, 5.41) is 3.09. The summed E-state index contributed by atoms with van der Waals surface area (Å²) in [6.07, 6.45) is 8.60. The zero-order valence-electron chi connectivity index (χ0n) is 22.5. The van der Waals surface area contributed by atoms with Gasteiger partial charge in [-0.1, -0.05) is 6.92 Å². The molecule has 40 heavy (non-hydrogen) atoms. The Labute approximate surface area is 231 Å². The van der Waals surface area contributed by atoms with Crippen molar-refractivity contribution < 1.29 is 13.2 Å². The Kier molecular flexibility index (Phi) is 6.69. The number of methoxy groups -OCH3 is 1. The van der Waals surface area contributed by atoms with Gasteiger partial charge in [-0.3, -0.25) is 14.3 Å². The van der Waals surface area contributed by atoms with Gasteiger partial charge in [-0.2, -0.15) is 0 Å². The van der Waals surface area contributed by atoms with Gasteiger partial charge in [0.25, 0.3) is 5.56 Å². The molecule has 0 amide bonds. The van der Waals surface area contributed by atoms with Crippen molar-refractivity contribution in [2.24, 2.45) is 5.92 Å². The summed E-state index contributed by atoms with van der Waals surface area (Å²) in [6.45, 7) is 3.81. The quantitative estimate of drug-likeness (QED) is 0.303. The second kappa shape index (κ2) is 10.2. The minimum Gasteiger partial charge on any atom is -0.480 e. The van der Waals surface area contributed by atoms with E-state index in [1.165, 1.54) is 18.6 Å². The summed E-state index contributed by atoms with van der Waals surface area (Å²) in [7, 11) is -1.79. The summed E-state index contributed by atoms with van der Waals surface area (Å²) in [6, 6.07) is 3.07. The van der Waals surface area contributed by atoms with E-state index in [-0.39, 0.29) is 34.6 Å². The highest BCUT2D eigenvalue weighted by Crippen LogP contribution is 2.45. The molecule has 4 aromatic heterocycles. The van der Waals surface area contributed by atoms with Crippen LogP contribution in [-0.4, -0.2) is 55.8 Å². The van der Waals surface area contributed by atoms with Crippen LogP contribution in [0.4, 0.5) is 5.82 Å². The molecule has 4 heterocycles. The minimum absolute atomic E-state index is 0.00175. The van der Waals surface area contributed by atoms with Crippen molar-refractivity contribution in [3.8, 4) is 17.3 Å². The molecule has 0 saturated heterocycles. The molecule has 1 N–H and O–H groups in total. The fourth-order valence-corrected chi connectivity index (χ4v) is 5.68. The SMILES string of the molecule is CCS(=O)(=O)c1ccc(CNc2nc3cnc(-c4c(OC)ncnc4C4CC4)nc3n([C@@H](C)C3CC3)c2=O)nc1. The number of anilines is 1. The van der Waals surface area contributed by atoms with Crippen molar-refractivity contribution in [2.75, 3.05) is 18.2 Å². The Hall–Kier alpha value is -4.00. The van der Waals surface area contributed by atoms with Crippen LogP contribution < -0.4 is 15.6 Å². The molecule has 1 atom stereocenters. The number of nitrogens with zero attached hydrogens (tertiary/aromatic N) is 7. The summed E-state index contributed by atoms with van der Waals surface area (Å²) in [5.74, 6) is 1.65. The highest BCUT2D eigenvalue weighted by atomic mass is 32.2. The lowest BCUT2D eigenvalue weighted by Gasteiger charge is -2.19. The van der Waals surface area contributed by atoms with Crippen LogP contribution in [-0.2, 0) is 16.4 Å². The van der Waals surface area contributed by atoms with Crippen LogP contribution in [0.5, 0.6) is 5.88 Å². The van der Waals surface area contributed by atoms with E-state index >= 15 is 0 Å². The highest BCUT2D eigenvalue weighted by Gasteiger charge is 2.34. The third-order valence-corrected chi connectivity index (χ3v) is 9.26. The molecular formula is C27H30N8O4S. The van der Waals surface area contributed by atoms with Gasteiger partial charge in [0.15, 0.2) is 27.1 Å². The number of fused-ring (bicyclic) bond motifs is 1. The molecule has 2 aliphatic carbocycles. The Bertz CT molecular complexity index is 1750. The Morgan fingerprint density at radius 1 is 1.07 bits per heavy atom. The number of hydrogen-bond donors (Lipinski definition) is 1. The van der Waals surface area contributed by atoms with Crippen molar-refractivity contribution in [3.63, 3.8) is 0 Å². The van der Waals surface area contributed by atoms with Crippen LogP contribution >= 0.6 is 0 Å². The van der Waals surface area contributed by atoms with Crippen molar-refractivity contribution in [1.29, 1.82) is 0 Å². The molecule has 4 aromatic rings. The topological polar surface area (TPSA) is 155 Å². The van der Waals surface area contributed by atoms with Gasteiger partial charge >= 0.3 is 0 Å². The lowest BCUT2D eigenvalue weighted by molar-refractivity contribution is 0.397. The van der Waals surface area contributed by atoms with Gasteiger partial charge in [-0.05, 0) is 50.7 Å². The Morgan fingerprint density at radius 2 is 1.88 bits per heavy atom. The van der Waals surface area contributed by atoms with Gasteiger partial charge in [0.1, 0.15) is 17.4 Å². The summed E-state index contributed by atoms with van der Waals surface area (Å²) in [4.78, 5) is 41.0. The summed E-state index contributed by atoms with van der Waals surface area (Å²) in [5.41, 5.74) is 2.70. The predicted octanol–water partition coefficient (Wildman–Crippen LogP) is 3.30. The second-order valence-corrected chi connectivity index (χ2v) is 12.6. The van der Waals surface area contributed by atoms with E-state index in [1.807, 2.05) is 6.92 Å². The van der Waals surface area contributed by atoms with Crippen LogP contribution in [0.1, 0.15) is 62.9 Å². The average molecular weight is 563 g/mol. The van der Waals surface area contributed by atoms with E-state index in [2.05, 4.69) is 30.2 Å². The van der Waals surface area contributed by atoms with Crippen LogP contribution in [0.3, 0.4) is 0 Å². The van der Waals surface area contributed by atoms with Gasteiger partial charge in [0, 0.05) is 18.2 Å². The zero-order valence-corrected chi connectivity index (χ0v) is 23.3. The number of aromatic nitrogens is 7. The number of pyridine rings is 1. The molecule has 0 aromatic carbocycles. The first kappa shape index (κ1) is 26.2. The third-order valence-electron chi connectivity index (χ3n) is 7.54. The first-order valence-electron chi connectivity index (χ1n) is 13.4. The number of nitrogens with one attached hydrogen (secondary N) is 1.